The quantitative estimate of drug-likeness (QED) is 0.425. The Kier molecular flexibility index (Phi) is 5.90. The molecule has 0 aromatic rings. The highest BCUT2D eigenvalue weighted by Gasteiger charge is 2.19. The average molecular weight is 211 g/mol. The first-order chi connectivity index (χ1) is 5.95. The summed E-state index contributed by atoms with van der Waals surface area (Å²) in [6.07, 6.45) is 2.11. The molecule has 0 saturated heterocycles. The molecule has 0 spiro atoms. The number of carbonyl (C=O) groups is 1. The predicted molar refractivity (Wildman–Crippen MR) is 45.7 cm³/mol. The van der Waals surface area contributed by atoms with Gasteiger partial charge in [-0.15, -0.1) is 0 Å². The molecule has 0 aliphatic carbocycles. The van der Waals surface area contributed by atoms with Crippen molar-refractivity contribution in [3.8, 4) is 0 Å². The zero-order chi connectivity index (χ0) is 10.3. The first-order valence-corrected chi connectivity index (χ1v) is 5.47. The topological polar surface area (TPSA) is 110 Å². The standard InChI is InChI=1S/C6H14NO5P/c7-5-3-1-2-4-6(8)12-13(9,10)11/h1-5,7H2,(H2,9,10,11). The molecule has 0 heterocycles. The Morgan fingerprint density at radius 1 is 1.31 bits per heavy atom. The molecule has 0 saturated carbocycles. The molecule has 0 aromatic carbocycles. The van der Waals surface area contributed by atoms with Crippen molar-refractivity contribution in [3.63, 3.8) is 0 Å². The lowest BCUT2D eigenvalue weighted by atomic mass is 10.2. The summed E-state index contributed by atoms with van der Waals surface area (Å²) in [4.78, 5) is 27.2. The lowest BCUT2D eigenvalue weighted by Crippen LogP contribution is -2.03. The molecule has 0 aliphatic rings. The summed E-state index contributed by atoms with van der Waals surface area (Å²) in [5.41, 5.74) is 5.21. The second-order valence-corrected chi connectivity index (χ2v) is 3.72. The van der Waals surface area contributed by atoms with E-state index in [0.29, 0.717) is 13.0 Å². The minimum Gasteiger partial charge on any atom is -0.371 e. The van der Waals surface area contributed by atoms with E-state index in [1.807, 2.05) is 0 Å². The van der Waals surface area contributed by atoms with E-state index >= 15 is 0 Å². The number of phosphoric acid groups is 1. The fourth-order valence-electron chi connectivity index (χ4n) is 0.769. The van der Waals surface area contributed by atoms with Crippen LogP contribution in [0.2, 0.25) is 0 Å². The highest BCUT2D eigenvalue weighted by Crippen LogP contribution is 2.36. The lowest BCUT2D eigenvalue weighted by molar-refractivity contribution is -0.135. The van der Waals surface area contributed by atoms with E-state index in [1.54, 1.807) is 0 Å². The number of unbranched alkanes of at least 4 members (excludes halogenated alkanes) is 2. The van der Waals surface area contributed by atoms with Crippen LogP contribution in [0.15, 0.2) is 0 Å². The Bertz CT molecular complexity index is 201. The number of phosphoric ester groups is 1. The van der Waals surface area contributed by atoms with Crippen molar-refractivity contribution < 1.29 is 23.7 Å². The third-order valence-corrected chi connectivity index (χ3v) is 1.75. The second-order valence-electron chi connectivity index (χ2n) is 2.55. The predicted octanol–water partition coefficient (Wildman–Crippen LogP) is 0.141. The monoisotopic (exact) mass is 211 g/mol. The number of carbonyl (C=O) groups excluding carboxylic acids is 1. The van der Waals surface area contributed by atoms with E-state index in [4.69, 9.17) is 15.5 Å². The summed E-state index contributed by atoms with van der Waals surface area (Å²) in [5, 5.41) is 0. The molecule has 0 aromatic heterocycles. The number of hydrogen-bond donors (Lipinski definition) is 3. The lowest BCUT2D eigenvalue weighted by Gasteiger charge is -2.04. The summed E-state index contributed by atoms with van der Waals surface area (Å²) in [7, 11) is -4.65. The summed E-state index contributed by atoms with van der Waals surface area (Å²) >= 11 is 0. The zero-order valence-corrected chi connectivity index (χ0v) is 8.07. The van der Waals surface area contributed by atoms with Crippen molar-refractivity contribution in [3.05, 3.63) is 0 Å². The maximum Gasteiger partial charge on any atom is 0.526 e. The average Bonchev–Trinajstić information content (AvgIpc) is 1.94. The van der Waals surface area contributed by atoms with E-state index in [1.165, 1.54) is 0 Å². The Labute approximate surface area is 76.3 Å². The van der Waals surface area contributed by atoms with Gasteiger partial charge in [0.05, 0.1) is 0 Å². The molecule has 0 bridgehead atoms. The van der Waals surface area contributed by atoms with Gasteiger partial charge in [-0.2, -0.15) is 0 Å². The van der Waals surface area contributed by atoms with Crippen molar-refractivity contribution in [1.82, 2.24) is 0 Å². The molecular weight excluding hydrogens is 197 g/mol. The van der Waals surface area contributed by atoms with Gasteiger partial charge in [0, 0.05) is 6.42 Å². The third-order valence-electron chi connectivity index (χ3n) is 1.31. The zero-order valence-electron chi connectivity index (χ0n) is 7.18. The smallest absolute Gasteiger partial charge is 0.371 e. The summed E-state index contributed by atoms with van der Waals surface area (Å²) in [5.74, 6) is -0.870. The molecule has 0 fully saturated rings. The normalized spacial score (nSPS) is 11.3. The molecule has 6 nitrogen and oxygen atoms in total. The molecule has 78 valence electrons. The van der Waals surface area contributed by atoms with Gasteiger partial charge < -0.3 is 10.3 Å². The van der Waals surface area contributed by atoms with Crippen LogP contribution in [-0.2, 0) is 13.9 Å². The van der Waals surface area contributed by atoms with Gasteiger partial charge in [0.15, 0.2) is 0 Å². The highest BCUT2D eigenvalue weighted by molar-refractivity contribution is 7.46. The van der Waals surface area contributed by atoms with Crippen LogP contribution < -0.4 is 5.73 Å². The summed E-state index contributed by atoms with van der Waals surface area (Å²) < 4.78 is 14.0. The molecule has 0 atom stereocenters. The molecule has 0 aliphatic heterocycles. The fraction of sp³-hybridized carbons (Fsp3) is 0.833. The van der Waals surface area contributed by atoms with E-state index in [9.17, 15) is 9.36 Å². The van der Waals surface area contributed by atoms with E-state index in [-0.39, 0.29) is 6.42 Å². The van der Waals surface area contributed by atoms with Crippen LogP contribution in [0.1, 0.15) is 25.7 Å². The fourth-order valence-corrected chi connectivity index (χ4v) is 1.13. The van der Waals surface area contributed by atoms with Gasteiger partial charge in [-0.05, 0) is 19.4 Å². The minimum atomic E-state index is -4.65. The third kappa shape index (κ3) is 9.49. The van der Waals surface area contributed by atoms with E-state index < -0.39 is 13.8 Å². The molecule has 7 heteroatoms. The highest BCUT2D eigenvalue weighted by atomic mass is 31.2. The summed E-state index contributed by atoms with van der Waals surface area (Å²) in [6, 6.07) is 0. The Morgan fingerprint density at radius 2 is 1.92 bits per heavy atom. The Morgan fingerprint density at radius 3 is 2.38 bits per heavy atom. The van der Waals surface area contributed by atoms with Crippen LogP contribution >= 0.6 is 7.82 Å². The van der Waals surface area contributed by atoms with Crippen molar-refractivity contribution >= 4 is 13.8 Å². The van der Waals surface area contributed by atoms with Gasteiger partial charge in [0.1, 0.15) is 0 Å². The molecule has 0 radical (unpaired) electrons. The SMILES string of the molecule is NCCCCCC(=O)OP(=O)(O)O. The Hall–Kier alpha value is -0.420. The minimum absolute atomic E-state index is 0.0190. The van der Waals surface area contributed by atoms with Gasteiger partial charge in [0.25, 0.3) is 0 Å². The number of rotatable bonds is 6. The molecular formula is C6H14NO5P. The van der Waals surface area contributed by atoms with Crippen molar-refractivity contribution in [2.45, 2.75) is 25.7 Å². The first-order valence-electron chi connectivity index (χ1n) is 3.94. The van der Waals surface area contributed by atoms with Crippen LogP contribution in [-0.4, -0.2) is 22.3 Å². The largest absolute Gasteiger partial charge is 0.526 e. The van der Waals surface area contributed by atoms with Crippen LogP contribution in [0.4, 0.5) is 0 Å². The maximum absolute atomic E-state index is 10.7. The van der Waals surface area contributed by atoms with Crippen LogP contribution in [0, 0.1) is 0 Å². The van der Waals surface area contributed by atoms with Crippen LogP contribution in [0.25, 0.3) is 0 Å². The maximum atomic E-state index is 10.7. The molecule has 13 heavy (non-hydrogen) atoms. The second kappa shape index (κ2) is 6.10. The van der Waals surface area contributed by atoms with Crippen LogP contribution in [0.3, 0.4) is 0 Å². The van der Waals surface area contributed by atoms with Gasteiger partial charge in [0.2, 0.25) is 0 Å². The molecule has 0 amide bonds. The first kappa shape index (κ1) is 12.6. The summed E-state index contributed by atoms with van der Waals surface area (Å²) in [6.45, 7) is 0.549. The van der Waals surface area contributed by atoms with Crippen molar-refractivity contribution in [2.75, 3.05) is 6.54 Å². The van der Waals surface area contributed by atoms with Crippen molar-refractivity contribution in [1.29, 1.82) is 0 Å². The molecule has 0 rings (SSSR count). The molecule has 4 N–H and O–H groups in total. The Balaban J connectivity index is 3.47. The van der Waals surface area contributed by atoms with Gasteiger partial charge in [-0.3, -0.25) is 14.6 Å². The number of nitrogens with two attached hydrogens (primary N) is 1. The van der Waals surface area contributed by atoms with E-state index in [2.05, 4.69) is 4.52 Å². The number of hydrogen-bond acceptors (Lipinski definition) is 4. The molecule has 0 unspecified atom stereocenters. The van der Waals surface area contributed by atoms with Crippen molar-refractivity contribution in [2.24, 2.45) is 5.73 Å². The van der Waals surface area contributed by atoms with E-state index in [0.717, 1.165) is 12.8 Å². The van der Waals surface area contributed by atoms with Crippen LogP contribution in [0.5, 0.6) is 0 Å². The van der Waals surface area contributed by atoms with Gasteiger partial charge >= 0.3 is 13.8 Å². The van der Waals surface area contributed by atoms with Gasteiger partial charge in [-0.1, -0.05) is 6.42 Å². The van der Waals surface area contributed by atoms with Gasteiger partial charge in [-0.25, -0.2) is 4.57 Å².